The number of carbonyl (C=O) groups excluding carboxylic acids is 1. The molecule has 1 fully saturated rings. The third-order valence-corrected chi connectivity index (χ3v) is 3.26. The van der Waals surface area contributed by atoms with Gasteiger partial charge in [-0.25, -0.2) is 0 Å². The number of hydrogen-bond acceptors (Lipinski definition) is 4. The topological polar surface area (TPSA) is 102 Å². The molecule has 0 aromatic heterocycles. The first-order valence-electron chi connectivity index (χ1n) is 5.73. The number of carboxylic acid groups (broad SMARTS) is 1. The van der Waals surface area contributed by atoms with E-state index in [-0.39, 0.29) is 24.3 Å². The summed E-state index contributed by atoms with van der Waals surface area (Å²) in [5.41, 5.74) is 5.29. The number of nitrogens with one attached hydrogen (secondary N) is 1. The van der Waals surface area contributed by atoms with Gasteiger partial charge in [0.05, 0.1) is 13.0 Å². The molecule has 17 heavy (non-hydrogen) atoms. The van der Waals surface area contributed by atoms with Crippen molar-refractivity contribution < 1.29 is 19.4 Å². The Labute approximate surface area is 101 Å². The minimum absolute atomic E-state index is 0.104. The van der Waals surface area contributed by atoms with Crippen LogP contribution in [0.25, 0.3) is 0 Å². The molecule has 1 atom stereocenters. The van der Waals surface area contributed by atoms with Crippen molar-refractivity contribution in [2.45, 2.75) is 31.7 Å². The molecule has 0 aromatic carbocycles. The molecule has 1 rings (SSSR count). The van der Waals surface area contributed by atoms with E-state index < -0.39 is 12.0 Å². The van der Waals surface area contributed by atoms with Crippen molar-refractivity contribution in [3.05, 3.63) is 0 Å². The summed E-state index contributed by atoms with van der Waals surface area (Å²) in [6.07, 6.45) is 2.82. The first-order valence-corrected chi connectivity index (χ1v) is 5.73. The summed E-state index contributed by atoms with van der Waals surface area (Å²) in [4.78, 5) is 22.3. The van der Waals surface area contributed by atoms with Gasteiger partial charge in [-0.2, -0.15) is 0 Å². The fourth-order valence-electron chi connectivity index (χ4n) is 2.07. The van der Waals surface area contributed by atoms with E-state index in [9.17, 15) is 9.59 Å². The number of amides is 1. The summed E-state index contributed by atoms with van der Waals surface area (Å²) < 4.78 is 4.78. The molecule has 0 bridgehead atoms. The molecule has 0 saturated heterocycles. The summed E-state index contributed by atoms with van der Waals surface area (Å²) in [6, 6.07) is -0.693. The number of hydrogen-bond donors (Lipinski definition) is 3. The van der Waals surface area contributed by atoms with Crippen molar-refractivity contribution in [2.75, 3.05) is 20.3 Å². The van der Waals surface area contributed by atoms with Gasteiger partial charge in [0.1, 0.15) is 6.04 Å². The van der Waals surface area contributed by atoms with Crippen molar-refractivity contribution in [3.63, 3.8) is 0 Å². The average Bonchev–Trinajstić information content (AvgIpc) is 2.21. The number of carboxylic acids is 1. The van der Waals surface area contributed by atoms with Crippen LogP contribution in [0.2, 0.25) is 0 Å². The lowest BCUT2D eigenvalue weighted by molar-refractivity contribution is -0.142. The lowest BCUT2D eigenvalue weighted by Gasteiger charge is -2.41. The molecule has 1 aliphatic carbocycles. The second-order valence-electron chi connectivity index (χ2n) is 4.70. The second kappa shape index (κ2) is 5.97. The standard InChI is InChI=1S/C11H20N2O4/c1-17-6-8(12)10(16)13-7-11(3-2-4-11)5-9(14)15/h8H,2-7,12H2,1H3,(H,13,16)(H,14,15). The summed E-state index contributed by atoms with van der Waals surface area (Å²) in [5.74, 6) is -1.11. The minimum Gasteiger partial charge on any atom is -0.481 e. The molecule has 1 unspecified atom stereocenters. The third kappa shape index (κ3) is 3.98. The number of methoxy groups -OCH3 is 1. The molecule has 1 amide bonds. The highest BCUT2D eigenvalue weighted by Crippen LogP contribution is 2.43. The molecular formula is C11H20N2O4. The molecule has 0 heterocycles. The maximum absolute atomic E-state index is 11.5. The minimum atomic E-state index is -0.819. The Balaban J connectivity index is 2.37. The monoisotopic (exact) mass is 244 g/mol. The Morgan fingerprint density at radius 3 is 2.59 bits per heavy atom. The Bertz CT molecular complexity index is 289. The number of aliphatic carboxylic acids is 1. The molecule has 0 aromatic rings. The Morgan fingerprint density at radius 2 is 2.18 bits per heavy atom. The van der Waals surface area contributed by atoms with Crippen molar-refractivity contribution >= 4 is 11.9 Å². The highest BCUT2D eigenvalue weighted by molar-refractivity contribution is 5.81. The highest BCUT2D eigenvalue weighted by Gasteiger charge is 2.39. The molecule has 4 N–H and O–H groups in total. The van der Waals surface area contributed by atoms with Crippen LogP contribution in [0.4, 0.5) is 0 Å². The van der Waals surface area contributed by atoms with E-state index in [0.717, 1.165) is 19.3 Å². The lowest BCUT2D eigenvalue weighted by atomic mass is 9.66. The highest BCUT2D eigenvalue weighted by atomic mass is 16.5. The van der Waals surface area contributed by atoms with E-state index in [4.69, 9.17) is 15.6 Å². The van der Waals surface area contributed by atoms with E-state index in [1.807, 2.05) is 0 Å². The SMILES string of the molecule is COCC(N)C(=O)NCC1(CC(=O)O)CCC1. The molecule has 1 saturated carbocycles. The second-order valence-corrected chi connectivity index (χ2v) is 4.70. The summed E-state index contributed by atoms with van der Waals surface area (Å²) >= 11 is 0. The third-order valence-electron chi connectivity index (χ3n) is 3.26. The van der Waals surface area contributed by atoms with Crippen LogP contribution < -0.4 is 11.1 Å². The van der Waals surface area contributed by atoms with E-state index >= 15 is 0 Å². The largest absolute Gasteiger partial charge is 0.481 e. The smallest absolute Gasteiger partial charge is 0.303 e. The van der Waals surface area contributed by atoms with E-state index in [2.05, 4.69) is 5.32 Å². The molecule has 6 heteroatoms. The van der Waals surface area contributed by atoms with Crippen LogP contribution in [0.3, 0.4) is 0 Å². The fraction of sp³-hybridized carbons (Fsp3) is 0.818. The molecule has 6 nitrogen and oxygen atoms in total. The first-order chi connectivity index (χ1) is 7.99. The van der Waals surface area contributed by atoms with Crippen molar-refractivity contribution in [1.82, 2.24) is 5.32 Å². The average molecular weight is 244 g/mol. The predicted octanol–water partition coefficient (Wildman–Crippen LogP) is -0.279. The molecule has 0 radical (unpaired) electrons. The normalized spacial score (nSPS) is 19.2. The van der Waals surface area contributed by atoms with Gasteiger partial charge >= 0.3 is 5.97 Å². The van der Waals surface area contributed by atoms with E-state index in [1.54, 1.807) is 0 Å². The molecule has 0 spiro atoms. The number of rotatable bonds is 7. The molecule has 0 aliphatic heterocycles. The maximum atomic E-state index is 11.5. The molecule has 98 valence electrons. The van der Waals surface area contributed by atoms with Crippen molar-refractivity contribution in [3.8, 4) is 0 Å². The van der Waals surface area contributed by atoms with Gasteiger partial charge in [0.2, 0.25) is 5.91 Å². The lowest BCUT2D eigenvalue weighted by Crippen LogP contribution is -2.49. The van der Waals surface area contributed by atoms with E-state index in [0.29, 0.717) is 6.54 Å². The quantitative estimate of drug-likeness (QED) is 0.571. The number of carbonyl (C=O) groups is 2. The molecular weight excluding hydrogens is 224 g/mol. The summed E-state index contributed by atoms with van der Waals surface area (Å²) in [5, 5.41) is 11.5. The van der Waals surface area contributed by atoms with Gasteiger partial charge in [-0.3, -0.25) is 9.59 Å². The van der Waals surface area contributed by atoms with Gasteiger partial charge in [0.25, 0.3) is 0 Å². The zero-order valence-electron chi connectivity index (χ0n) is 10.1. The number of ether oxygens (including phenoxy) is 1. The zero-order valence-corrected chi connectivity index (χ0v) is 10.1. The van der Waals surface area contributed by atoms with Crippen LogP contribution in [-0.4, -0.2) is 43.3 Å². The van der Waals surface area contributed by atoms with Crippen LogP contribution in [-0.2, 0) is 14.3 Å². The maximum Gasteiger partial charge on any atom is 0.303 e. The van der Waals surface area contributed by atoms with Crippen LogP contribution in [0.1, 0.15) is 25.7 Å². The van der Waals surface area contributed by atoms with Crippen LogP contribution in [0, 0.1) is 5.41 Å². The molecule has 1 aliphatic rings. The summed E-state index contributed by atoms with van der Waals surface area (Å²) in [6.45, 7) is 0.549. The van der Waals surface area contributed by atoms with Gasteiger partial charge < -0.3 is 20.9 Å². The predicted molar refractivity (Wildman–Crippen MR) is 61.4 cm³/mol. The Hall–Kier alpha value is -1.14. The van der Waals surface area contributed by atoms with Gasteiger partial charge in [-0.1, -0.05) is 6.42 Å². The van der Waals surface area contributed by atoms with Crippen LogP contribution in [0.15, 0.2) is 0 Å². The van der Waals surface area contributed by atoms with Crippen LogP contribution in [0.5, 0.6) is 0 Å². The van der Waals surface area contributed by atoms with Crippen molar-refractivity contribution in [2.24, 2.45) is 11.1 Å². The zero-order chi connectivity index (χ0) is 12.9. The number of nitrogens with two attached hydrogens (primary N) is 1. The van der Waals surface area contributed by atoms with Gasteiger partial charge in [-0.05, 0) is 18.3 Å². The van der Waals surface area contributed by atoms with Gasteiger partial charge in [0, 0.05) is 13.7 Å². The van der Waals surface area contributed by atoms with Gasteiger partial charge in [0.15, 0.2) is 0 Å². The Morgan fingerprint density at radius 1 is 1.53 bits per heavy atom. The first kappa shape index (κ1) is 13.9. The van der Waals surface area contributed by atoms with Crippen LogP contribution >= 0.6 is 0 Å². The summed E-state index contributed by atoms with van der Waals surface area (Å²) in [7, 11) is 1.48. The van der Waals surface area contributed by atoms with Crippen molar-refractivity contribution in [1.29, 1.82) is 0 Å². The Kier molecular flexibility index (Phi) is 4.89. The van der Waals surface area contributed by atoms with Gasteiger partial charge in [-0.15, -0.1) is 0 Å². The van der Waals surface area contributed by atoms with E-state index in [1.165, 1.54) is 7.11 Å². The fourth-order valence-corrected chi connectivity index (χ4v) is 2.07.